The zero-order chi connectivity index (χ0) is 18.1. The molecular formula is C15H20N2O6S. The number of hydrogen-bond donors (Lipinski definition) is 2. The highest BCUT2D eigenvalue weighted by Gasteiger charge is 2.34. The minimum Gasteiger partial charge on any atom is -0.484 e. The summed E-state index contributed by atoms with van der Waals surface area (Å²) in [6.45, 7) is 5.16. The molecule has 0 saturated heterocycles. The van der Waals surface area contributed by atoms with Crippen LogP contribution in [0.15, 0.2) is 23.1 Å². The summed E-state index contributed by atoms with van der Waals surface area (Å²) in [7, 11) is -3.87. The Balaban J connectivity index is 2.35. The van der Waals surface area contributed by atoms with Gasteiger partial charge < -0.3 is 14.7 Å². The number of sulfonamides is 1. The summed E-state index contributed by atoms with van der Waals surface area (Å²) in [6, 6.07) is 4.22. The van der Waals surface area contributed by atoms with E-state index in [4.69, 9.17) is 9.84 Å². The van der Waals surface area contributed by atoms with Crippen molar-refractivity contribution in [2.75, 3.05) is 18.0 Å². The van der Waals surface area contributed by atoms with Crippen LogP contribution in [0.5, 0.6) is 5.75 Å². The smallest absolute Gasteiger partial charge is 0.304 e. The molecule has 0 saturated carbocycles. The van der Waals surface area contributed by atoms with Crippen molar-refractivity contribution in [3.05, 3.63) is 18.2 Å². The van der Waals surface area contributed by atoms with Gasteiger partial charge in [-0.3, -0.25) is 9.59 Å². The number of rotatable bonds is 5. The standard InChI is InChI=1S/C15H20N2O6S/c1-10(18)17-9-15(2,3)23-13-5-4-11(8-12(13)17)24(21,22)16-7-6-14(19)20/h4-5,8,16H,6-7,9H2,1-3H3,(H,19,20). The lowest BCUT2D eigenvalue weighted by molar-refractivity contribution is -0.136. The van der Waals surface area contributed by atoms with Gasteiger partial charge in [0.15, 0.2) is 0 Å². The van der Waals surface area contributed by atoms with E-state index in [9.17, 15) is 18.0 Å². The van der Waals surface area contributed by atoms with Crippen LogP contribution < -0.4 is 14.4 Å². The highest BCUT2D eigenvalue weighted by atomic mass is 32.2. The molecule has 1 aliphatic rings. The molecule has 1 aromatic carbocycles. The lowest BCUT2D eigenvalue weighted by Crippen LogP contribution is -2.48. The summed E-state index contributed by atoms with van der Waals surface area (Å²) < 4.78 is 32.5. The summed E-state index contributed by atoms with van der Waals surface area (Å²) in [5, 5.41) is 8.59. The van der Waals surface area contributed by atoms with Crippen LogP contribution in [0.1, 0.15) is 27.2 Å². The van der Waals surface area contributed by atoms with Gasteiger partial charge in [0.25, 0.3) is 0 Å². The van der Waals surface area contributed by atoms with E-state index in [0.717, 1.165) is 0 Å². The highest BCUT2D eigenvalue weighted by Crippen LogP contribution is 2.38. The van der Waals surface area contributed by atoms with Crippen molar-refractivity contribution in [2.24, 2.45) is 0 Å². The summed E-state index contributed by atoms with van der Waals surface area (Å²) in [5.41, 5.74) is -0.207. The molecule has 0 aromatic heterocycles. The van der Waals surface area contributed by atoms with E-state index in [0.29, 0.717) is 18.0 Å². The molecule has 132 valence electrons. The van der Waals surface area contributed by atoms with Crippen molar-refractivity contribution in [3.8, 4) is 5.75 Å². The van der Waals surface area contributed by atoms with E-state index in [1.165, 1.54) is 30.0 Å². The second-order valence-electron chi connectivity index (χ2n) is 6.14. The first-order chi connectivity index (χ1) is 11.0. The van der Waals surface area contributed by atoms with Gasteiger partial charge in [0.2, 0.25) is 15.9 Å². The quantitative estimate of drug-likeness (QED) is 0.812. The molecule has 0 bridgehead atoms. The maximum absolute atomic E-state index is 12.3. The number of carbonyl (C=O) groups is 2. The highest BCUT2D eigenvalue weighted by molar-refractivity contribution is 7.89. The zero-order valence-corrected chi connectivity index (χ0v) is 14.5. The number of carboxylic acids is 1. The molecule has 1 aliphatic heterocycles. The average molecular weight is 356 g/mol. The first kappa shape index (κ1) is 18.2. The Hall–Kier alpha value is -2.13. The molecule has 9 heteroatoms. The predicted molar refractivity (Wildman–Crippen MR) is 86.6 cm³/mol. The summed E-state index contributed by atoms with van der Waals surface area (Å²) in [6.07, 6.45) is -0.318. The van der Waals surface area contributed by atoms with Gasteiger partial charge in [-0.25, -0.2) is 13.1 Å². The van der Waals surface area contributed by atoms with Gasteiger partial charge in [-0.15, -0.1) is 0 Å². The normalized spacial score (nSPS) is 16.2. The fourth-order valence-corrected chi connectivity index (χ4v) is 3.47. The third-order valence-corrected chi connectivity index (χ3v) is 4.93. The maximum atomic E-state index is 12.3. The van der Waals surface area contributed by atoms with Crippen molar-refractivity contribution in [3.63, 3.8) is 0 Å². The lowest BCUT2D eigenvalue weighted by Gasteiger charge is -2.39. The molecule has 1 aromatic rings. The van der Waals surface area contributed by atoms with Crippen molar-refractivity contribution < 1.29 is 27.9 Å². The molecule has 8 nitrogen and oxygen atoms in total. The van der Waals surface area contributed by atoms with Crippen LogP contribution in [-0.2, 0) is 19.6 Å². The van der Waals surface area contributed by atoms with Crippen molar-refractivity contribution >= 4 is 27.6 Å². The number of carboxylic acid groups (broad SMARTS) is 1. The van der Waals surface area contributed by atoms with Crippen LogP contribution in [-0.4, -0.2) is 44.1 Å². The van der Waals surface area contributed by atoms with Crippen LogP contribution >= 0.6 is 0 Å². The minimum atomic E-state index is -3.87. The Labute approximate surface area is 140 Å². The largest absolute Gasteiger partial charge is 0.484 e. The minimum absolute atomic E-state index is 0.0544. The number of fused-ring (bicyclic) bond motifs is 1. The molecule has 0 fully saturated rings. The Morgan fingerprint density at radius 1 is 1.38 bits per heavy atom. The number of benzene rings is 1. The van der Waals surface area contributed by atoms with Gasteiger partial charge in [0, 0.05) is 13.5 Å². The van der Waals surface area contributed by atoms with E-state index in [2.05, 4.69) is 4.72 Å². The van der Waals surface area contributed by atoms with Crippen molar-refractivity contribution in [1.29, 1.82) is 0 Å². The fraction of sp³-hybridized carbons (Fsp3) is 0.467. The average Bonchev–Trinajstić information content (AvgIpc) is 2.44. The summed E-state index contributed by atoms with van der Waals surface area (Å²) in [5.74, 6) is -0.895. The molecule has 0 radical (unpaired) electrons. The second kappa shape index (κ2) is 6.40. The van der Waals surface area contributed by atoms with E-state index in [-0.39, 0.29) is 23.8 Å². The predicted octanol–water partition coefficient (Wildman–Crippen LogP) is 0.964. The molecule has 24 heavy (non-hydrogen) atoms. The third-order valence-electron chi connectivity index (χ3n) is 3.47. The van der Waals surface area contributed by atoms with Crippen molar-refractivity contribution in [1.82, 2.24) is 4.72 Å². The first-order valence-electron chi connectivity index (χ1n) is 7.34. The number of nitrogens with one attached hydrogen (secondary N) is 1. The lowest BCUT2D eigenvalue weighted by atomic mass is 10.1. The number of nitrogens with zero attached hydrogens (tertiary/aromatic N) is 1. The third kappa shape index (κ3) is 4.04. The second-order valence-corrected chi connectivity index (χ2v) is 7.90. The molecule has 0 unspecified atom stereocenters. The number of hydrogen-bond acceptors (Lipinski definition) is 5. The molecule has 2 N–H and O–H groups in total. The fourth-order valence-electron chi connectivity index (χ4n) is 2.41. The Morgan fingerprint density at radius 3 is 2.62 bits per heavy atom. The molecule has 1 heterocycles. The van der Waals surface area contributed by atoms with Gasteiger partial charge in [-0.2, -0.15) is 0 Å². The van der Waals surface area contributed by atoms with E-state index in [1.54, 1.807) is 0 Å². The SMILES string of the molecule is CC(=O)N1CC(C)(C)Oc2ccc(S(=O)(=O)NCCC(=O)O)cc21. The maximum Gasteiger partial charge on any atom is 0.304 e. The monoisotopic (exact) mass is 356 g/mol. The Bertz CT molecular complexity index is 772. The van der Waals surface area contributed by atoms with Gasteiger partial charge in [-0.05, 0) is 32.0 Å². The number of amides is 1. The van der Waals surface area contributed by atoms with Gasteiger partial charge in [-0.1, -0.05) is 0 Å². The number of aliphatic carboxylic acids is 1. The van der Waals surface area contributed by atoms with Gasteiger partial charge in [0.1, 0.15) is 11.4 Å². The van der Waals surface area contributed by atoms with Crippen LogP contribution in [0, 0.1) is 0 Å². The molecule has 1 amide bonds. The van der Waals surface area contributed by atoms with Gasteiger partial charge in [0.05, 0.1) is 23.5 Å². The van der Waals surface area contributed by atoms with Crippen LogP contribution in [0.4, 0.5) is 5.69 Å². The Morgan fingerprint density at radius 2 is 2.04 bits per heavy atom. The summed E-state index contributed by atoms with van der Waals surface area (Å²) >= 11 is 0. The van der Waals surface area contributed by atoms with E-state index in [1.807, 2.05) is 13.8 Å². The molecule has 0 spiro atoms. The van der Waals surface area contributed by atoms with Crippen LogP contribution in [0.2, 0.25) is 0 Å². The van der Waals surface area contributed by atoms with Crippen LogP contribution in [0.3, 0.4) is 0 Å². The van der Waals surface area contributed by atoms with Crippen molar-refractivity contribution in [2.45, 2.75) is 37.7 Å². The Kier molecular flexibility index (Phi) is 4.86. The van der Waals surface area contributed by atoms with Crippen LogP contribution in [0.25, 0.3) is 0 Å². The topological polar surface area (TPSA) is 113 Å². The number of carbonyl (C=O) groups excluding carboxylic acids is 1. The van der Waals surface area contributed by atoms with Gasteiger partial charge >= 0.3 is 5.97 Å². The van der Waals surface area contributed by atoms with E-state index >= 15 is 0 Å². The molecule has 0 atom stereocenters. The first-order valence-corrected chi connectivity index (χ1v) is 8.83. The van der Waals surface area contributed by atoms with E-state index < -0.39 is 21.6 Å². The zero-order valence-electron chi connectivity index (χ0n) is 13.7. The molecule has 0 aliphatic carbocycles. The number of anilines is 1. The molecule has 2 rings (SSSR count). The molecular weight excluding hydrogens is 336 g/mol. The summed E-state index contributed by atoms with van der Waals surface area (Å²) in [4.78, 5) is 23.8. The number of ether oxygens (including phenoxy) is 1.